The number of nitrogens with zero attached hydrogens (tertiary/aromatic N) is 3. The Bertz CT molecular complexity index is 712. The van der Waals surface area contributed by atoms with Crippen LogP contribution in [0.1, 0.15) is 23.1 Å². The molecule has 0 bridgehead atoms. The molecule has 0 N–H and O–H groups in total. The average Bonchev–Trinajstić information content (AvgIpc) is 2.57. The third-order valence-corrected chi connectivity index (χ3v) is 3.87. The van der Waals surface area contributed by atoms with Gasteiger partial charge < -0.3 is 14.4 Å². The second kappa shape index (κ2) is 7.09. The maximum atomic E-state index is 12.4. The van der Waals surface area contributed by atoms with Crippen molar-refractivity contribution < 1.29 is 18.3 Å². The van der Waals surface area contributed by atoms with Crippen molar-refractivity contribution in [1.82, 2.24) is 9.97 Å². The molecule has 128 valence electrons. The van der Waals surface area contributed by atoms with Gasteiger partial charge in [0.1, 0.15) is 11.9 Å². The average molecular weight is 335 g/mol. The molecule has 0 saturated carbocycles. The second-order valence-corrected chi connectivity index (χ2v) is 5.68. The zero-order valence-electron chi connectivity index (χ0n) is 13.6. The number of aromatic nitrogens is 2. The number of aryl methyl sites for hydroxylation is 2. The van der Waals surface area contributed by atoms with Crippen molar-refractivity contribution in [3.8, 4) is 5.75 Å². The molecule has 1 fully saturated rings. The van der Waals surface area contributed by atoms with E-state index in [2.05, 4.69) is 19.6 Å². The number of hydrogen-bond donors (Lipinski definition) is 0. The fraction of sp³-hybridized carbons (Fsp3) is 0.412. The van der Waals surface area contributed by atoms with Crippen molar-refractivity contribution in [3.05, 3.63) is 47.4 Å². The van der Waals surface area contributed by atoms with Gasteiger partial charge >= 0.3 is 6.61 Å². The van der Waals surface area contributed by atoms with E-state index in [9.17, 15) is 8.78 Å². The molecule has 1 aromatic heterocycles. The summed E-state index contributed by atoms with van der Waals surface area (Å²) in [5, 5.41) is 0. The lowest BCUT2D eigenvalue weighted by atomic mass is 10.1. The summed E-state index contributed by atoms with van der Waals surface area (Å²) in [6.45, 7) is 2.80. The largest absolute Gasteiger partial charge is 0.435 e. The summed E-state index contributed by atoms with van der Waals surface area (Å²) in [6, 6.07) is 6.63. The summed E-state index contributed by atoms with van der Waals surface area (Å²) < 4.78 is 35.0. The highest BCUT2D eigenvalue weighted by Crippen LogP contribution is 2.28. The van der Waals surface area contributed by atoms with Crippen molar-refractivity contribution in [2.24, 2.45) is 0 Å². The first-order valence-corrected chi connectivity index (χ1v) is 7.74. The lowest BCUT2D eigenvalue weighted by Crippen LogP contribution is -2.39. The predicted octanol–water partition coefficient (Wildman–Crippen LogP) is 3.27. The van der Waals surface area contributed by atoms with Crippen molar-refractivity contribution in [2.75, 3.05) is 24.6 Å². The van der Waals surface area contributed by atoms with Crippen molar-refractivity contribution in [1.29, 1.82) is 0 Å². The molecule has 2 heterocycles. The minimum absolute atomic E-state index is 0.134. The number of halogens is 2. The van der Waals surface area contributed by atoms with Gasteiger partial charge in [-0.05, 0) is 31.5 Å². The molecule has 0 amide bonds. The Morgan fingerprint density at radius 2 is 2.17 bits per heavy atom. The van der Waals surface area contributed by atoms with Crippen LogP contribution >= 0.6 is 0 Å². The quantitative estimate of drug-likeness (QED) is 0.858. The molecule has 0 spiro atoms. The smallest absolute Gasteiger partial charge is 0.387 e. The highest BCUT2D eigenvalue weighted by atomic mass is 19.3. The van der Waals surface area contributed by atoms with E-state index in [0.717, 1.165) is 22.8 Å². The summed E-state index contributed by atoms with van der Waals surface area (Å²) in [4.78, 5) is 11.0. The minimum atomic E-state index is -2.84. The minimum Gasteiger partial charge on any atom is -0.435 e. The highest BCUT2D eigenvalue weighted by molar-refractivity contribution is 5.44. The molecular weight excluding hydrogens is 316 g/mol. The maximum Gasteiger partial charge on any atom is 0.387 e. The maximum absolute atomic E-state index is 12.4. The molecule has 7 heteroatoms. The van der Waals surface area contributed by atoms with Crippen LogP contribution in [0, 0.1) is 13.8 Å². The molecule has 5 nitrogen and oxygen atoms in total. The number of alkyl halides is 2. The number of hydrogen-bond acceptors (Lipinski definition) is 5. The van der Waals surface area contributed by atoms with E-state index in [4.69, 9.17) is 4.74 Å². The first-order chi connectivity index (χ1) is 11.5. The van der Waals surface area contributed by atoms with Gasteiger partial charge in [-0.3, -0.25) is 4.98 Å². The van der Waals surface area contributed by atoms with Crippen LogP contribution in [0.3, 0.4) is 0 Å². The van der Waals surface area contributed by atoms with Crippen LogP contribution in [-0.2, 0) is 4.74 Å². The third-order valence-electron chi connectivity index (χ3n) is 3.87. The summed E-state index contributed by atoms with van der Waals surface area (Å²) in [5.74, 6) is 0.970. The molecule has 0 aliphatic carbocycles. The Kier molecular flexibility index (Phi) is 4.89. The first kappa shape index (κ1) is 16.6. The van der Waals surface area contributed by atoms with Crippen LogP contribution < -0.4 is 9.64 Å². The Hall–Kier alpha value is -2.28. The number of anilines is 1. The van der Waals surface area contributed by atoms with Crippen LogP contribution in [0.2, 0.25) is 0 Å². The van der Waals surface area contributed by atoms with Gasteiger partial charge in [0, 0.05) is 19.3 Å². The van der Waals surface area contributed by atoms with Crippen molar-refractivity contribution in [3.63, 3.8) is 0 Å². The molecule has 0 unspecified atom stereocenters. The van der Waals surface area contributed by atoms with Gasteiger partial charge in [-0.15, -0.1) is 0 Å². The fourth-order valence-corrected chi connectivity index (χ4v) is 2.76. The van der Waals surface area contributed by atoms with Gasteiger partial charge in [0.25, 0.3) is 0 Å². The van der Waals surface area contributed by atoms with Gasteiger partial charge in [0.05, 0.1) is 18.0 Å². The van der Waals surface area contributed by atoms with E-state index in [-0.39, 0.29) is 11.9 Å². The van der Waals surface area contributed by atoms with E-state index in [0.29, 0.717) is 19.7 Å². The molecular formula is C17H19F2N3O2. The van der Waals surface area contributed by atoms with E-state index in [1.807, 2.05) is 19.9 Å². The second-order valence-electron chi connectivity index (χ2n) is 5.68. The lowest BCUT2D eigenvalue weighted by molar-refractivity contribution is -0.0501. The summed E-state index contributed by atoms with van der Waals surface area (Å²) in [6.07, 6.45) is 1.50. The SMILES string of the molecule is Cc1cnc(C)c(N2CCO[C@H](c3cccc(OC(F)F)c3)C2)n1. The van der Waals surface area contributed by atoms with E-state index < -0.39 is 6.61 Å². The standard InChI is InChI=1S/C17H19F2N3O2/c1-11-9-20-12(2)16(21-11)22-6-7-23-15(10-22)13-4-3-5-14(8-13)24-17(18)19/h3-5,8-9,15,17H,6-7,10H2,1-2H3/t15-/m0/s1. The molecule has 1 aliphatic rings. The molecule has 3 rings (SSSR count). The molecule has 1 aliphatic heterocycles. The lowest BCUT2D eigenvalue weighted by Gasteiger charge is -2.34. The van der Waals surface area contributed by atoms with Gasteiger partial charge in [-0.25, -0.2) is 4.98 Å². The van der Waals surface area contributed by atoms with Crippen LogP contribution in [0.15, 0.2) is 30.5 Å². The van der Waals surface area contributed by atoms with Crippen LogP contribution in [0.4, 0.5) is 14.6 Å². The van der Waals surface area contributed by atoms with Gasteiger partial charge in [-0.2, -0.15) is 8.78 Å². The Labute approximate surface area is 139 Å². The zero-order chi connectivity index (χ0) is 17.1. The van der Waals surface area contributed by atoms with Crippen LogP contribution in [0.5, 0.6) is 5.75 Å². The van der Waals surface area contributed by atoms with Gasteiger partial charge in [0.2, 0.25) is 0 Å². The monoisotopic (exact) mass is 335 g/mol. The Morgan fingerprint density at radius 1 is 1.33 bits per heavy atom. The van der Waals surface area contributed by atoms with Crippen LogP contribution in [0.25, 0.3) is 0 Å². The summed E-state index contributed by atoms with van der Waals surface area (Å²) >= 11 is 0. The van der Waals surface area contributed by atoms with E-state index in [1.165, 1.54) is 6.07 Å². The number of ether oxygens (including phenoxy) is 2. The van der Waals surface area contributed by atoms with Crippen molar-refractivity contribution in [2.45, 2.75) is 26.6 Å². The van der Waals surface area contributed by atoms with E-state index >= 15 is 0 Å². The predicted molar refractivity (Wildman–Crippen MR) is 85.5 cm³/mol. The number of benzene rings is 1. The molecule has 24 heavy (non-hydrogen) atoms. The zero-order valence-corrected chi connectivity index (χ0v) is 13.6. The molecule has 0 radical (unpaired) electrons. The molecule has 2 aromatic rings. The Balaban J connectivity index is 1.79. The number of morpholine rings is 1. The fourth-order valence-electron chi connectivity index (χ4n) is 2.76. The molecule has 1 saturated heterocycles. The molecule has 1 atom stereocenters. The number of rotatable bonds is 4. The first-order valence-electron chi connectivity index (χ1n) is 7.74. The Morgan fingerprint density at radius 3 is 2.96 bits per heavy atom. The normalized spacial score (nSPS) is 18.0. The summed E-state index contributed by atoms with van der Waals surface area (Å²) in [7, 11) is 0. The van der Waals surface area contributed by atoms with Crippen LogP contribution in [-0.4, -0.2) is 36.3 Å². The topological polar surface area (TPSA) is 47.5 Å². The van der Waals surface area contributed by atoms with Gasteiger partial charge in [-0.1, -0.05) is 12.1 Å². The highest BCUT2D eigenvalue weighted by Gasteiger charge is 2.25. The molecule has 1 aromatic carbocycles. The van der Waals surface area contributed by atoms with Gasteiger partial charge in [0.15, 0.2) is 5.82 Å². The summed E-state index contributed by atoms with van der Waals surface area (Å²) in [5.41, 5.74) is 2.51. The van der Waals surface area contributed by atoms with Crippen molar-refractivity contribution >= 4 is 5.82 Å². The third kappa shape index (κ3) is 3.79. The van der Waals surface area contributed by atoms with E-state index in [1.54, 1.807) is 18.3 Å².